The maximum absolute atomic E-state index is 12.7. The Kier molecular flexibility index (Phi) is 6.12. The van der Waals surface area contributed by atoms with Gasteiger partial charge in [-0.3, -0.25) is 4.79 Å². The van der Waals surface area contributed by atoms with Crippen molar-refractivity contribution >= 4 is 11.9 Å². The highest BCUT2D eigenvalue weighted by Gasteiger charge is 2.32. The Hall–Kier alpha value is -2.88. The smallest absolute Gasteiger partial charge is 0.336 e. The Bertz CT molecular complexity index is 771. The number of rotatable bonds is 6. The van der Waals surface area contributed by atoms with E-state index in [1.807, 2.05) is 31.2 Å². The predicted octanol–water partition coefficient (Wildman–Crippen LogP) is 3.71. The van der Waals surface area contributed by atoms with Gasteiger partial charge in [-0.05, 0) is 25.0 Å². The molecule has 4 heteroatoms. The maximum Gasteiger partial charge on any atom is 0.336 e. The SMILES string of the molecule is C=C/C=C(\C=C)COC(=O)C1=C(C)NC(=O)CC1c1cccc(C)c1. The summed E-state index contributed by atoms with van der Waals surface area (Å²) in [6.45, 7) is 11.1. The number of benzene rings is 1. The summed E-state index contributed by atoms with van der Waals surface area (Å²) in [6.07, 6.45) is 5.20. The Morgan fingerprint density at radius 1 is 1.36 bits per heavy atom. The second-order valence-corrected chi connectivity index (χ2v) is 6.02. The summed E-state index contributed by atoms with van der Waals surface area (Å²) in [5.74, 6) is -0.837. The molecule has 1 unspecified atom stereocenters. The van der Waals surface area contributed by atoms with Crippen molar-refractivity contribution in [2.24, 2.45) is 0 Å². The average molecular weight is 337 g/mol. The van der Waals surface area contributed by atoms with Crippen molar-refractivity contribution in [1.29, 1.82) is 0 Å². The van der Waals surface area contributed by atoms with Gasteiger partial charge in [-0.25, -0.2) is 4.79 Å². The van der Waals surface area contributed by atoms with Gasteiger partial charge in [0.05, 0.1) is 5.57 Å². The van der Waals surface area contributed by atoms with Crippen LogP contribution in [0.3, 0.4) is 0 Å². The van der Waals surface area contributed by atoms with Crippen LogP contribution in [0.15, 0.2) is 72.5 Å². The number of aryl methyl sites for hydroxylation is 1. The zero-order chi connectivity index (χ0) is 18.4. The number of carbonyl (C=O) groups excluding carboxylic acids is 2. The lowest BCUT2D eigenvalue weighted by Gasteiger charge is -2.27. The molecule has 2 rings (SSSR count). The second kappa shape index (κ2) is 8.29. The number of nitrogens with one attached hydrogen (secondary N) is 1. The molecule has 0 saturated heterocycles. The van der Waals surface area contributed by atoms with Gasteiger partial charge in [0.1, 0.15) is 6.61 Å². The van der Waals surface area contributed by atoms with E-state index in [-0.39, 0.29) is 24.9 Å². The molecule has 1 aliphatic rings. The number of hydrogen-bond donors (Lipinski definition) is 1. The zero-order valence-electron chi connectivity index (χ0n) is 14.7. The fourth-order valence-electron chi connectivity index (χ4n) is 2.90. The normalized spacial score (nSPS) is 17.8. The van der Waals surface area contributed by atoms with E-state index in [4.69, 9.17) is 4.74 Å². The largest absolute Gasteiger partial charge is 0.457 e. The molecule has 1 N–H and O–H groups in total. The lowest BCUT2D eigenvalue weighted by atomic mass is 9.84. The minimum absolute atomic E-state index is 0.0983. The summed E-state index contributed by atoms with van der Waals surface area (Å²) in [5.41, 5.74) is 3.81. The molecule has 0 aliphatic carbocycles. The van der Waals surface area contributed by atoms with E-state index in [9.17, 15) is 9.59 Å². The van der Waals surface area contributed by atoms with Crippen LogP contribution in [0.25, 0.3) is 0 Å². The number of carbonyl (C=O) groups is 2. The number of esters is 1. The fraction of sp³-hybridized carbons (Fsp3) is 0.238. The highest BCUT2D eigenvalue weighted by Crippen LogP contribution is 2.33. The van der Waals surface area contributed by atoms with Crippen LogP contribution in [0.2, 0.25) is 0 Å². The van der Waals surface area contributed by atoms with Crippen LogP contribution in [0, 0.1) is 6.92 Å². The topological polar surface area (TPSA) is 55.4 Å². The van der Waals surface area contributed by atoms with Crippen LogP contribution in [0.4, 0.5) is 0 Å². The highest BCUT2D eigenvalue weighted by atomic mass is 16.5. The molecule has 130 valence electrons. The van der Waals surface area contributed by atoms with Crippen LogP contribution < -0.4 is 5.32 Å². The third-order valence-corrected chi connectivity index (χ3v) is 4.10. The first-order valence-corrected chi connectivity index (χ1v) is 8.14. The fourth-order valence-corrected chi connectivity index (χ4v) is 2.90. The molecule has 0 aromatic heterocycles. The molecule has 25 heavy (non-hydrogen) atoms. The summed E-state index contributed by atoms with van der Waals surface area (Å²) in [7, 11) is 0. The molecule has 0 saturated carbocycles. The molecule has 1 aromatic carbocycles. The van der Waals surface area contributed by atoms with E-state index >= 15 is 0 Å². The quantitative estimate of drug-likeness (QED) is 0.636. The summed E-state index contributed by atoms with van der Waals surface area (Å²) in [5, 5.41) is 2.74. The van der Waals surface area contributed by atoms with Crippen molar-refractivity contribution in [3.63, 3.8) is 0 Å². The minimum atomic E-state index is -0.430. The number of amides is 1. The first-order chi connectivity index (χ1) is 12.0. The van der Waals surface area contributed by atoms with Gasteiger partial charge >= 0.3 is 5.97 Å². The zero-order valence-corrected chi connectivity index (χ0v) is 14.7. The van der Waals surface area contributed by atoms with E-state index < -0.39 is 5.97 Å². The molecule has 1 aliphatic heterocycles. The van der Waals surface area contributed by atoms with Gasteiger partial charge in [0, 0.05) is 18.0 Å². The molecule has 1 atom stereocenters. The van der Waals surface area contributed by atoms with Crippen LogP contribution in [-0.4, -0.2) is 18.5 Å². The third kappa shape index (κ3) is 4.57. The predicted molar refractivity (Wildman–Crippen MR) is 98.8 cm³/mol. The second-order valence-electron chi connectivity index (χ2n) is 6.02. The van der Waals surface area contributed by atoms with Crippen molar-refractivity contribution < 1.29 is 14.3 Å². The van der Waals surface area contributed by atoms with Crippen LogP contribution >= 0.6 is 0 Å². The van der Waals surface area contributed by atoms with Crippen molar-refractivity contribution in [1.82, 2.24) is 5.32 Å². The van der Waals surface area contributed by atoms with Crippen LogP contribution in [0.1, 0.15) is 30.4 Å². The van der Waals surface area contributed by atoms with E-state index in [2.05, 4.69) is 18.5 Å². The molecular formula is C21H23NO3. The van der Waals surface area contributed by atoms with E-state index in [1.165, 1.54) is 0 Å². The number of ether oxygens (including phenoxy) is 1. The molecule has 1 amide bonds. The van der Waals surface area contributed by atoms with E-state index in [1.54, 1.807) is 25.2 Å². The molecule has 0 fully saturated rings. The molecule has 0 spiro atoms. The Labute approximate surface area is 148 Å². The molecule has 4 nitrogen and oxygen atoms in total. The Balaban J connectivity index is 2.30. The average Bonchev–Trinajstić information content (AvgIpc) is 2.57. The first kappa shape index (κ1) is 18.5. The van der Waals surface area contributed by atoms with E-state index in [0.717, 1.165) is 16.7 Å². The van der Waals surface area contributed by atoms with Gasteiger partial charge < -0.3 is 10.1 Å². The van der Waals surface area contributed by atoms with Gasteiger partial charge in [-0.2, -0.15) is 0 Å². The maximum atomic E-state index is 12.7. The van der Waals surface area contributed by atoms with Gasteiger partial charge in [-0.15, -0.1) is 0 Å². The molecular weight excluding hydrogens is 314 g/mol. The lowest BCUT2D eigenvalue weighted by Crippen LogP contribution is -2.34. The van der Waals surface area contributed by atoms with Crippen molar-refractivity contribution in [3.05, 3.63) is 83.6 Å². The highest BCUT2D eigenvalue weighted by molar-refractivity contribution is 5.95. The molecule has 0 bridgehead atoms. The van der Waals surface area contributed by atoms with Crippen LogP contribution in [-0.2, 0) is 14.3 Å². The number of allylic oxidation sites excluding steroid dienone is 3. The van der Waals surface area contributed by atoms with Gasteiger partial charge in [-0.1, -0.05) is 61.2 Å². The standard InChI is InChI=1S/C21H23NO3/c1-5-8-16(6-2)13-25-21(24)20-15(4)22-19(23)12-18(20)17-10-7-9-14(3)11-17/h5-11,18H,1-2,12-13H2,3-4H3,(H,22,23)/b16-8+. The van der Waals surface area contributed by atoms with E-state index in [0.29, 0.717) is 11.3 Å². The monoisotopic (exact) mass is 337 g/mol. The van der Waals surface area contributed by atoms with Gasteiger partial charge in [0.15, 0.2) is 0 Å². The van der Waals surface area contributed by atoms with Crippen molar-refractivity contribution in [2.75, 3.05) is 6.61 Å². The minimum Gasteiger partial charge on any atom is -0.457 e. The van der Waals surface area contributed by atoms with Crippen molar-refractivity contribution in [2.45, 2.75) is 26.2 Å². The third-order valence-electron chi connectivity index (χ3n) is 4.10. The molecule has 0 radical (unpaired) electrons. The summed E-state index contributed by atoms with van der Waals surface area (Å²) in [6, 6.07) is 7.84. The van der Waals surface area contributed by atoms with Gasteiger partial charge in [0.2, 0.25) is 5.91 Å². The first-order valence-electron chi connectivity index (χ1n) is 8.14. The number of hydrogen-bond acceptors (Lipinski definition) is 3. The Morgan fingerprint density at radius 3 is 2.76 bits per heavy atom. The van der Waals surface area contributed by atoms with Crippen LogP contribution in [0.5, 0.6) is 0 Å². The van der Waals surface area contributed by atoms with Gasteiger partial charge in [0.25, 0.3) is 0 Å². The lowest BCUT2D eigenvalue weighted by molar-refractivity contribution is -0.138. The summed E-state index contributed by atoms with van der Waals surface area (Å²) in [4.78, 5) is 24.7. The molecule has 1 aromatic rings. The summed E-state index contributed by atoms with van der Waals surface area (Å²) >= 11 is 0. The Morgan fingerprint density at radius 2 is 2.12 bits per heavy atom. The summed E-state index contributed by atoms with van der Waals surface area (Å²) < 4.78 is 5.44. The van der Waals surface area contributed by atoms with Crippen molar-refractivity contribution in [3.8, 4) is 0 Å². The molecule has 1 heterocycles.